The molecule has 0 saturated carbocycles. The second kappa shape index (κ2) is 9.93. The Bertz CT molecular complexity index is 2490. The Balaban J connectivity index is 1.32. The minimum absolute atomic E-state index is 1.24. The number of rotatable bonds is 3. The maximum atomic E-state index is 2.41. The van der Waals surface area contributed by atoms with Crippen LogP contribution < -0.4 is 0 Å². The van der Waals surface area contributed by atoms with Gasteiger partial charge in [-0.25, -0.2) is 0 Å². The minimum atomic E-state index is 1.24. The van der Waals surface area contributed by atoms with Gasteiger partial charge in [-0.2, -0.15) is 0 Å². The Morgan fingerprint density at radius 1 is 0.227 bits per heavy atom. The van der Waals surface area contributed by atoms with Crippen molar-refractivity contribution in [3.05, 3.63) is 170 Å². The Kier molecular flexibility index (Phi) is 5.61. The van der Waals surface area contributed by atoms with E-state index in [9.17, 15) is 0 Å². The van der Waals surface area contributed by atoms with Gasteiger partial charge in [-0.05, 0) is 105 Å². The van der Waals surface area contributed by atoms with Crippen LogP contribution in [0.5, 0.6) is 0 Å². The van der Waals surface area contributed by atoms with Crippen molar-refractivity contribution < 1.29 is 0 Å². The lowest BCUT2D eigenvalue weighted by atomic mass is 9.85. The van der Waals surface area contributed by atoms with Crippen LogP contribution in [0.15, 0.2) is 170 Å². The largest absolute Gasteiger partial charge is 0.0616 e. The Morgan fingerprint density at radius 3 is 1.20 bits per heavy atom. The Morgan fingerprint density at radius 2 is 0.636 bits per heavy atom. The average molecular weight is 557 g/mol. The van der Waals surface area contributed by atoms with Gasteiger partial charge in [0.25, 0.3) is 0 Å². The number of benzene rings is 9. The van der Waals surface area contributed by atoms with Crippen LogP contribution in [0, 0.1) is 0 Å². The SMILES string of the molecule is c1ccc2cc(-c3cccc4ccc(-c5c6ccccc6c(-c6ccc7ccccc7c6)c6ccccc56)cc34)ccc2c1. The second-order valence-corrected chi connectivity index (χ2v) is 11.7. The monoisotopic (exact) mass is 556 g/mol. The molecule has 0 aliphatic heterocycles. The molecule has 0 heterocycles. The van der Waals surface area contributed by atoms with Crippen molar-refractivity contribution in [1.29, 1.82) is 0 Å². The van der Waals surface area contributed by atoms with E-state index in [2.05, 4.69) is 170 Å². The van der Waals surface area contributed by atoms with E-state index in [4.69, 9.17) is 0 Å². The molecule has 0 saturated heterocycles. The molecule has 0 aliphatic carbocycles. The maximum absolute atomic E-state index is 2.41. The van der Waals surface area contributed by atoms with Gasteiger partial charge in [0, 0.05) is 0 Å². The molecule has 0 nitrogen and oxygen atoms in total. The summed E-state index contributed by atoms with van der Waals surface area (Å²) >= 11 is 0. The molecule has 0 spiro atoms. The standard InChI is InChI=1S/C44H28/c1-3-12-32-26-34(23-20-29(32)10-1)37-19-9-14-31-22-25-36(28-42(31)37)44-40-17-7-5-15-38(40)43(39-16-6-8-18-41(39)44)35-24-21-30-11-2-4-13-33(30)27-35/h1-28H. The topological polar surface area (TPSA) is 0 Å². The molecular weight excluding hydrogens is 528 g/mol. The van der Waals surface area contributed by atoms with Gasteiger partial charge in [-0.3, -0.25) is 0 Å². The minimum Gasteiger partial charge on any atom is -0.0616 e. The molecule has 204 valence electrons. The third kappa shape index (κ3) is 3.92. The highest BCUT2D eigenvalue weighted by atomic mass is 14.2. The predicted molar refractivity (Wildman–Crippen MR) is 190 cm³/mol. The summed E-state index contributed by atoms with van der Waals surface area (Å²) in [6.45, 7) is 0. The fraction of sp³-hybridized carbons (Fsp3) is 0. The average Bonchev–Trinajstić information content (AvgIpc) is 3.09. The van der Waals surface area contributed by atoms with E-state index in [-0.39, 0.29) is 0 Å². The van der Waals surface area contributed by atoms with Crippen molar-refractivity contribution >= 4 is 53.9 Å². The molecule has 0 N–H and O–H groups in total. The zero-order chi connectivity index (χ0) is 29.0. The summed E-state index contributed by atoms with van der Waals surface area (Å²) < 4.78 is 0. The lowest BCUT2D eigenvalue weighted by Gasteiger charge is -2.18. The molecule has 0 aromatic heterocycles. The Hall–Kier alpha value is -5.72. The first kappa shape index (κ1) is 24.8. The first-order valence-electron chi connectivity index (χ1n) is 15.3. The number of fused-ring (bicyclic) bond motifs is 5. The summed E-state index contributed by atoms with van der Waals surface area (Å²) in [5.74, 6) is 0. The molecule has 9 aromatic rings. The molecule has 9 rings (SSSR count). The van der Waals surface area contributed by atoms with Gasteiger partial charge < -0.3 is 0 Å². The van der Waals surface area contributed by atoms with E-state index in [0.717, 1.165) is 0 Å². The highest BCUT2D eigenvalue weighted by Gasteiger charge is 2.17. The molecule has 44 heavy (non-hydrogen) atoms. The predicted octanol–water partition coefficient (Wildman–Crippen LogP) is 12.5. The summed E-state index contributed by atoms with van der Waals surface area (Å²) in [7, 11) is 0. The lowest BCUT2D eigenvalue weighted by molar-refractivity contribution is 1.66. The normalized spacial score (nSPS) is 11.6. The van der Waals surface area contributed by atoms with E-state index >= 15 is 0 Å². The van der Waals surface area contributed by atoms with Crippen LogP contribution in [0.3, 0.4) is 0 Å². The van der Waals surface area contributed by atoms with Gasteiger partial charge in [-0.15, -0.1) is 0 Å². The molecule has 0 unspecified atom stereocenters. The van der Waals surface area contributed by atoms with Crippen molar-refractivity contribution in [2.45, 2.75) is 0 Å². The van der Waals surface area contributed by atoms with Crippen molar-refractivity contribution in [1.82, 2.24) is 0 Å². The van der Waals surface area contributed by atoms with Crippen molar-refractivity contribution in [2.75, 3.05) is 0 Å². The molecule has 0 atom stereocenters. The molecule has 9 aromatic carbocycles. The lowest BCUT2D eigenvalue weighted by Crippen LogP contribution is -1.91. The van der Waals surface area contributed by atoms with Gasteiger partial charge in [0.1, 0.15) is 0 Å². The first-order chi connectivity index (χ1) is 21.8. The molecular formula is C44H28. The summed E-state index contributed by atoms with van der Waals surface area (Å²) in [6, 6.07) is 62.4. The molecule has 0 radical (unpaired) electrons. The Labute approximate surface area is 256 Å². The van der Waals surface area contributed by atoms with Crippen LogP contribution in [-0.2, 0) is 0 Å². The quantitative estimate of drug-likeness (QED) is 0.190. The molecule has 0 aliphatic rings. The number of hydrogen-bond donors (Lipinski definition) is 0. The van der Waals surface area contributed by atoms with Gasteiger partial charge in [-0.1, -0.05) is 152 Å². The summed E-state index contributed by atoms with van der Waals surface area (Å²) in [5, 5.41) is 12.7. The zero-order valence-electron chi connectivity index (χ0n) is 24.2. The third-order valence-electron chi connectivity index (χ3n) is 9.20. The fourth-order valence-electron chi connectivity index (χ4n) is 7.13. The van der Waals surface area contributed by atoms with Crippen molar-refractivity contribution in [3.8, 4) is 33.4 Å². The third-order valence-corrected chi connectivity index (χ3v) is 9.20. The van der Waals surface area contributed by atoms with E-state index < -0.39 is 0 Å². The molecule has 0 bridgehead atoms. The van der Waals surface area contributed by atoms with Crippen LogP contribution in [0.1, 0.15) is 0 Å². The summed E-state index contributed by atoms with van der Waals surface area (Å²) in [5.41, 5.74) is 7.58. The van der Waals surface area contributed by atoms with Crippen LogP contribution in [0.25, 0.3) is 87.2 Å². The van der Waals surface area contributed by atoms with Crippen LogP contribution in [0.2, 0.25) is 0 Å². The number of hydrogen-bond acceptors (Lipinski definition) is 0. The zero-order valence-corrected chi connectivity index (χ0v) is 24.2. The summed E-state index contributed by atoms with van der Waals surface area (Å²) in [6.07, 6.45) is 0. The summed E-state index contributed by atoms with van der Waals surface area (Å²) in [4.78, 5) is 0. The van der Waals surface area contributed by atoms with E-state index in [0.29, 0.717) is 0 Å². The van der Waals surface area contributed by atoms with E-state index in [1.807, 2.05) is 0 Å². The molecule has 0 heteroatoms. The highest BCUT2D eigenvalue weighted by Crippen LogP contribution is 2.45. The van der Waals surface area contributed by atoms with E-state index in [1.54, 1.807) is 0 Å². The van der Waals surface area contributed by atoms with Crippen LogP contribution in [0.4, 0.5) is 0 Å². The second-order valence-electron chi connectivity index (χ2n) is 11.7. The fourth-order valence-corrected chi connectivity index (χ4v) is 7.13. The van der Waals surface area contributed by atoms with Crippen LogP contribution in [-0.4, -0.2) is 0 Å². The maximum Gasteiger partial charge on any atom is -0.00261 e. The van der Waals surface area contributed by atoms with E-state index in [1.165, 1.54) is 87.2 Å². The van der Waals surface area contributed by atoms with Gasteiger partial charge >= 0.3 is 0 Å². The van der Waals surface area contributed by atoms with Gasteiger partial charge in [0.15, 0.2) is 0 Å². The first-order valence-corrected chi connectivity index (χ1v) is 15.3. The van der Waals surface area contributed by atoms with Gasteiger partial charge in [0.2, 0.25) is 0 Å². The smallest absolute Gasteiger partial charge is 0.00261 e. The molecule has 0 amide bonds. The van der Waals surface area contributed by atoms with Crippen LogP contribution >= 0.6 is 0 Å². The van der Waals surface area contributed by atoms with Crippen molar-refractivity contribution in [2.24, 2.45) is 0 Å². The molecule has 0 fully saturated rings. The van der Waals surface area contributed by atoms with Crippen molar-refractivity contribution in [3.63, 3.8) is 0 Å². The highest BCUT2D eigenvalue weighted by molar-refractivity contribution is 6.22. The van der Waals surface area contributed by atoms with Gasteiger partial charge in [0.05, 0.1) is 0 Å².